The average Bonchev–Trinajstić information content (AvgIpc) is 2.96. The lowest BCUT2D eigenvalue weighted by molar-refractivity contribution is 0.0188. The number of amides is 1. The van der Waals surface area contributed by atoms with Crippen LogP contribution in [0.3, 0.4) is 0 Å². The van der Waals surface area contributed by atoms with Crippen molar-refractivity contribution in [2.75, 3.05) is 6.54 Å². The monoisotopic (exact) mass is 388 g/mol. The maximum atomic E-state index is 12.6. The van der Waals surface area contributed by atoms with Gasteiger partial charge in [0.1, 0.15) is 0 Å². The topological polar surface area (TPSA) is 81.6 Å². The van der Waals surface area contributed by atoms with E-state index in [9.17, 15) is 14.7 Å². The van der Waals surface area contributed by atoms with Gasteiger partial charge in [-0.3, -0.25) is 9.47 Å². The molecule has 1 aromatic carbocycles. The zero-order valence-electron chi connectivity index (χ0n) is 17.4. The predicted octanol–water partition coefficient (Wildman–Crippen LogP) is 3.52. The van der Waals surface area contributed by atoms with Crippen molar-refractivity contribution >= 4 is 17.1 Å². The summed E-state index contributed by atoms with van der Waals surface area (Å²) >= 11 is 0. The lowest BCUT2D eigenvalue weighted by Gasteiger charge is -2.47. The number of piperidine rings is 1. The molecule has 1 aliphatic heterocycles. The summed E-state index contributed by atoms with van der Waals surface area (Å²) in [4.78, 5) is 31.4. The third kappa shape index (κ3) is 3.68. The van der Waals surface area contributed by atoms with Crippen LogP contribution in [0.1, 0.15) is 53.5 Å². The van der Waals surface area contributed by atoms with Crippen LogP contribution in [0.2, 0.25) is 0 Å². The van der Waals surface area contributed by atoms with Gasteiger partial charge >= 0.3 is 11.8 Å². The molecule has 1 saturated heterocycles. The number of nitrogens with one attached hydrogen (secondary N) is 1. The quantitative estimate of drug-likeness (QED) is 0.821. The third-order valence-corrected chi connectivity index (χ3v) is 6.07. The van der Waals surface area contributed by atoms with E-state index in [2.05, 4.69) is 44.5 Å². The molecule has 3 unspecified atom stereocenters. The lowest BCUT2D eigenvalue weighted by atomic mass is 9.90. The molecule has 7 nitrogen and oxygen atoms in total. The Bertz CT molecular complexity index is 877. The molecule has 0 saturated carbocycles. The first kappa shape index (κ1) is 20.5. The van der Waals surface area contributed by atoms with E-state index in [1.165, 1.54) is 0 Å². The average molecular weight is 389 g/mol. The Labute approximate surface area is 165 Å². The number of hydrogen-bond donors (Lipinski definition) is 2. The maximum absolute atomic E-state index is 12.6. The molecule has 0 spiro atoms. The van der Waals surface area contributed by atoms with Gasteiger partial charge in [0, 0.05) is 30.7 Å². The van der Waals surface area contributed by atoms with Gasteiger partial charge < -0.3 is 15.0 Å². The van der Waals surface area contributed by atoms with Crippen LogP contribution in [0.25, 0.3) is 11.0 Å². The van der Waals surface area contributed by atoms with Crippen LogP contribution < -0.4 is 5.69 Å². The summed E-state index contributed by atoms with van der Waals surface area (Å²) in [5, 5.41) is 9.79. The van der Waals surface area contributed by atoms with E-state index in [1.54, 1.807) is 4.90 Å². The van der Waals surface area contributed by atoms with Gasteiger partial charge in [0.05, 0.1) is 17.1 Å². The van der Waals surface area contributed by atoms with Crippen molar-refractivity contribution in [2.45, 2.75) is 77.7 Å². The first-order valence-electron chi connectivity index (χ1n) is 10.2. The first-order valence-corrected chi connectivity index (χ1v) is 10.2. The Morgan fingerprint density at radius 3 is 2.43 bits per heavy atom. The van der Waals surface area contributed by atoms with Crippen LogP contribution in [0.15, 0.2) is 29.1 Å². The van der Waals surface area contributed by atoms with Gasteiger partial charge in [0.15, 0.2) is 0 Å². The zero-order chi connectivity index (χ0) is 20.6. The van der Waals surface area contributed by atoms with Gasteiger partial charge in [-0.05, 0) is 59.6 Å². The number of aromatic amines is 1. The molecule has 1 aliphatic rings. The number of carboxylic acid groups (broad SMARTS) is 1. The standard InChI is InChI=1S/C21H32N4O3/c1-13(2)24(14(3)4)15(5)19-12-16(10-11-23(19)21(27)28)25-18-9-7-6-8-17(18)22-20(25)26/h6-9,13-16,19H,10-12H2,1-5H3,(H,22,26)(H,27,28). The number of H-pyrrole nitrogens is 1. The molecule has 7 heteroatoms. The highest BCUT2D eigenvalue weighted by molar-refractivity contribution is 5.75. The lowest BCUT2D eigenvalue weighted by Crippen LogP contribution is -2.58. The van der Waals surface area contributed by atoms with Crippen molar-refractivity contribution in [1.29, 1.82) is 0 Å². The minimum absolute atomic E-state index is 0.0205. The number of nitrogens with zero attached hydrogens (tertiary/aromatic N) is 3. The molecule has 0 radical (unpaired) electrons. The number of benzene rings is 1. The van der Waals surface area contributed by atoms with Crippen LogP contribution in [0.4, 0.5) is 4.79 Å². The second-order valence-electron chi connectivity index (χ2n) is 8.41. The second-order valence-corrected chi connectivity index (χ2v) is 8.41. The fourth-order valence-corrected chi connectivity index (χ4v) is 5.08. The number of carbonyl (C=O) groups is 1. The van der Waals surface area contributed by atoms with Crippen molar-refractivity contribution in [3.63, 3.8) is 0 Å². The smallest absolute Gasteiger partial charge is 0.407 e. The molecule has 3 rings (SSSR count). The highest BCUT2D eigenvalue weighted by atomic mass is 16.4. The van der Waals surface area contributed by atoms with Crippen LogP contribution in [-0.4, -0.2) is 61.3 Å². The molecule has 1 amide bonds. The highest BCUT2D eigenvalue weighted by Gasteiger charge is 2.39. The van der Waals surface area contributed by atoms with Gasteiger partial charge in [-0.25, -0.2) is 9.59 Å². The number of imidazole rings is 1. The fraction of sp³-hybridized carbons (Fsp3) is 0.619. The van der Waals surface area contributed by atoms with Crippen molar-refractivity contribution in [1.82, 2.24) is 19.4 Å². The van der Waals surface area contributed by atoms with E-state index >= 15 is 0 Å². The van der Waals surface area contributed by atoms with Crippen molar-refractivity contribution in [2.24, 2.45) is 0 Å². The number of fused-ring (bicyclic) bond motifs is 1. The molecule has 2 N–H and O–H groups in total. The van der Waals surface area contributed by atoms with Crippen molar-refractivity contribution < 1.29 is 9.90 Å². The summed E-state index contributed by atoms with van der Waals surface area (Å²) in [6.07, 6.45) is 0.389. The second kappa shape index (κ2) is 7.99. The summed E-state index contributed by atoms with van der Waals surface area (Å²) in [5.41, 5.74) is 1.59. The molecule has 154 valence electrons. The van der Waals surface area contributed by atoms with Crippen molar-refractivity contribution in [3.8, 4) is 0 Å². The molecule has 2 heterocycles. The molecular formula is C21H32N4O3. The minimum Gasteiger partial charge on any atom is -0.465 e. The molecule has 0 aliphatic carbocycles. The summed E-state index contributed by atoms with van der Waals surface area (Å²) in [5.74, 6) is 0. The maximum Gasteiger partial charge on any atom is 0.407 e. The molecule has 2 aromatic rings. The van der Waals surface area contributed by atoms with Crippen LogP contribution in [0, 0.1) is 0 Å². The molecule has 1 fully saturated rings. The Morgan fingerprint density at radius 2 is 1.82 bits per heavy atom. The number of rotatable bonds is 5. The zero-order valence-corrected chi connectivity index (χ0v) is 17.4. The number of aromatic nitrogens is 2. The summed E-state index contributed by atoms with van der Waals surface area (Å²) in [6, 6.07) is 8.17. The van der Waals surface area contributed by atoms with Crippen LogP contribution in [0.5, 0.6) is 0 Å². The Hall–Kier alpha value is -2.28. The highest BCUT2D eigenvalue weighted by Crippen LogP contribution is 2.32. The SMILES string of the molecule is CC(C)N(C(C)C)C(C)C1CC(n2c(=O)[nH]c3ccccc32)CCN1C(=O)O. The normalized spacial score (nSPS) is 21.8. The van der Waals surface area contributed by atoms with E-state index in [1.807, 2.05) is 28.8 Å². The predicted molar refractivity (Wildman–Crippen MR) is 111 cm³/mol. The summed E-state index contributed by atoms with van der Waals surface area (Å²) in [7, 11) is 0. The van der Waals surface area contributed by atoms with Crippen molar-refractivity contribution in [3.05, 3.63) is 34.7 Å². The fourth-order valence-electron chi connectivity index (χ4n) is 5.08. The molecule has 0 bridgehead atoms. The third-order valence-electron chi connectivity index (χ3n) is 6.07. The molecule has 28 heavy (non-hydrogen) atoms. The van der Waals surface area contributed by atoms with E-state index in [0.29, 0.717) is 31.5 Å². The number of likely N-dealkylation sites (tertiary alicyclic amines) is 1. The van der Waals surface area contributed by atoms with E-state index in [-0.39, 0.29) is 23.8 Å². The van der Waals surface area contributed by atoms with E-state index < -0.39 is 6.09 Å². The van der Waals surface area contributed by atoms with Gasteiger partial charge in [-0.15, -0.1) is 0 Å². The van der Waals surface area contributed by atoms with Gasteiger partial charge in [-0.1, -0.05) is 12.1 Å². The van der Waals surface area contributed by atoms with Gasteiger partial charge in [0.25, 0.3) is 0 Å². The molecule has 1 aromatic heterocycles. The number of hydrogen-bond acceptors (Lipinski definition) is 3. The van der Waals surface area contributed by atoms with Crippen LogP contribution in [-0.2, 0) is 0 Å². The first-order chi connectivity index (χ1) is 13.2. The Balaban J connectivity index is 1.96. The molecule has 3 atom stereocenters. The molecular weight excluding hydrogens is 356 g/mol. The van der Waals surface area contributed by atoms with E-state index in [4.69, 9.17) is 0 Å². The number of para-hydroxylation sites is 2. The summed E-state index contributed by atoms with van der Waals surface area (Å²) in [6.45, 7) is 11.1. The summed E-state index contributed by atoms with van der Waals surface area (Å²) < 4.78 is 1.82. The Kier molecular flexibility index (Phi) is 5.84. The van der Waals surface area contributed by atoms with Crippen LogP contribution >= 0.6 is 0 Å². The van der Waals surface area contributed by atoms with E-state index in [0.717, 1.165) is 11.0 Å². The largest absolute Gasteiger partial charge is 0.465 e. The Morgan fingerprint density at radius 1 is 1.18 bits per heavy atom. The van der Waals surface area contributed by atoms with Gasteiger partial charge in [-0.2, -0.15) is 0 Å². The minimum atomic E-state index is -0.881. The van der Waals surface area contributed by atoms with Gasteiger partial charge in [0.2, 0.25) is 0 Å².